The third-order valence-corrected chi connectivity index (χ3v) is 1.18. The number of rotatable bonds is 8. The highest BCUT2D eigenvalue weighted by molar-refractivity contribution is 5.53. The Balaban J connectivity index is 2.81. The molecule has 2 N–H and O–H groups in total. The van der Waals surface area contributed by atoms with E-state index in [4.69, 9.17) is 15.2 Å². The Morgan fingerprint density at radius 2 is 1.83 bits per heavy atom. The third kappa shape index (κ3) is 9.55. The zero-order chi connectivity index (χ0) is 9.07. The Hall–Kier alpha value is -0.450. The molecule has 0 aromatic heterocycles. The normalized spacial score (nSPS) is 11.2. The van der Waals surface area contributed by atoms with Crippen molar-refractivity contribution in [1.82, 2.24) is 0 Å². The molecule has 0 aliphatic rings. The van der Waals surface area contributed by atoms with Crippen molar-refractivity contribution in [3.8, 4) is 0 Å². The Labute approximate surface area is 73.8 Å². The van der Waals surface area contributed by atoms with Gasteiger partial charge in [0, 0.05) is 6.54 Å². The molecule has 0 saturated heterocycles. The van der Waals surface area contributed by atoms with Gasteiger partial charge in [0.25, 0.3) is 0 Å². The van der Waals surface area contributed by atoms with Crippen LogP contribution in [0.4, 0.5) is 0 Å². The number of nitrogens with zero attached hydrogens (tertiary/aromatic N) is 1. The summed E-state index contributed by atoms with van der Waals surface area (Å²) in [6.45, 7) is 5.71. The van der Waals surface area contributed by atoms with Crippen LogP contribution in [0.1, 0.15) is 6.92 Å². The molecule has 0 rings (SSSR count). The van der Waals surface area contributed by atoms with Crippen LogP contribution in [0.5, 0.6) is 0 Å². The summed E-state index contributed by atoms with van der Waals surface area (Å²) in [7, 11) is 0. The van der Waals surface area contributed by atoms with Crippen LogP contribution in [-0.4, -0.2) is 45.7 Å². The second-order valence-corrected chi connectivity index (χ2v) is 2.18. The van der Waals surface area contributed by atoms with Gasteiger partial charge >= 0.3 is 0 Å². The molecule has 0 heterocycles. The lowest BCUT2D eigenvalue weighted by Crippen LogP contribution is -2.12. The molecule has 0 bridgehead atoms. The zero-order valence-corrected chi connectivity index (χ0v) is 7.66. The molecule has 0 aliphatic heterocycles. The van der Waals surface area contributed by atoms with Crippen molar-refractivity contribution in [3.63, 3.8) is 0 Å². The Morgan fingerprint density at radius 1 is 1.17 bits per heavy atom. The van der Waals surface area contributed by atoms with Crippen molar-refractivity contribution in [1.29, 1.82) is 0 Å². The number of nitrogens with two attached hydrogens (primary N) is 1. The predicted molar refractivity (Wildman–Crippen MR) is 49.7 cm³/mol. The van der Waals surface area contributed by atoms with E-state index in [1.165, 1.54) is 0 Å². The molecule has 0 atom stereocenters. The summed E-state index contributed by atoms with van der Waals surface area (Å²) >= 11 is 0. The fourth-order valence-electron chi connectivity index (χ4n) is 0.652. The van der Waals surface area contributed by atoms with Gasteiger partial charge in [-0.2, -0.15) is 0 Å². The van der Waals surface area contributed by atoms with Gasteiger partial charge in [0.2, 0.25) is 0 Å². The average molecular weight is 174 g/mol. The summed E-state index contributed by atoms with van der Waals surface area (Å²) in [5, 5.41) is 0. The van der Waals surface area contributed by atoms with Crippen LogP contribution in [0.15, 0.2) is 4.99 Å². The van der Waals surface area contributed by atoms with E-state index in [2.05, 4.69) is 4.99 Å². The lowest BCUT2D eigenvalue weighted by Gasteiger charge is -2.02. The Kier molecular flexibility index (Phi) is 10.2. The van der Waals surface area contributed by atoms with Crippen LogP contribution in [-0.2, 0) is 9.47 Å². The van der Waals surface area contributed by atoms with E-state index in [-0.39, 0.29) is 0 Å². The molecular weight excluding hydrogens is 156 g/mol. The number of ether oxygens (including phenoxy) is 2. The van der Waals surface area contributed by atoms with E-state index >= 15 is 0 Å². The number of hydrogen-bond acceptors (Lipinski definition) is 4. The molecular formula is C8H18N2O2. The van der Waals surface area contributed by atoms with Crippen molar-refractivity contribution in [2.45, 2.75) is 6.92 Å². The molecule has 0 aliphatic carbocycles. The summed E-state index contributed by atoms with van der Waals surface area (Å²) in [5.74, 6) is 0. The van der Waals surface area contributed by atoms with E-state index in [0.29, 0.717) is 33.0 Å². The molecule has 0 fully saturated rings. The maximum Gasteiger partial charge on any atom is 0.0701 e. The van der Waals surface area contributed by atoms with Crippen LogP contribution in [0, 0.1) is 0 Å². The van der Waals surface area contributed by atoms with Crippen molar-refractivity contribution >= 4 is 6.21 Å². The summed E-state index contributed by atoms with van der Waals surface area (Å²) in [4.78, 5) is 3.99. The number of aliphatic imine (C=N–C) groups is 1. The molecule has 0 radical (unpaired) electrons. The minimum absolute atomic E-state index is 0.570. The maximum atomic E-state index is 5.22. The summed E-state index contributed by atoms with van der Waals surface area (Å²) < 4.78 is 10.3. The summed E-state index contributed by atoms with van der Waals surface area (Å²) in [5.41, 5.74) is 5.22. The van der Waals surface area contributed by atoms with Crippen molar-refractivity contribution in [3.05, 3.63) is 0 Å². The number of hydrogen-bond donors (Lipinski definition) is 1. The molecule has 0 aromatic carbocycles. The largest absolute Gasteiger partial charge is 0.378 e. The first-order valence-corrected chi connectivity index (χ1v) is 4.21. The monoisotopic (exact) mass is 174 g/mol. The van der Waals surface area contributed by atoms with Gasteiger partial charge in [0.15, 0.2) is 0 Å². The molecule has 0 aromatic rings. The van der Waals surface area contributed by atoms with Crippen molar-refractivity contribution in [2.24, 2.45) is 10.7 Å². The minimum atomic E-state index is 0.570. The highest BCUT2D eigenvalue weighted by Crippen LogP contribution is 1.78. The first kappa shape index (κ1) is 11.6. The molecule has 72 valence electrons. The van der Waals surface area contributed by atoms with Crippen LogP contribution in [0.2, 0.25) is 0 Å². The smallest absolute Gasteiger partial charge is 0.0701 e. The fraction of sp³-hybridized carbons (Fsp3) is 0.875. The Morgan fingerprint density at radius 3 is 2.42 bits per heavy atom. The second kappa shape index (κ2) is 10.6. The SMILES string of the molecule is C/C=N\CCOCCOCCN. The average Bonchev–Trinajstić information content (AvgIpc) is 2.10. The van der Waals surface area contributed by atoms with E-state index in [9.17, 15) is 0 Å². The molecule has 4 heteroatoms. The van der Waals surface area contributed by atoms with Crippen LogP contribution < -0.4 is 5.73 Å². The van der Waals surface area contributed by atoms with Gasteiger partial charge < -0.3 is 15.2 Å². The molecule has 0 unspecified atom stereocenters. The highest BCUT2D eigenvalue weighted by atomic mass is 16.5. The zero-order valence-electron chi connectivity index (χ0n) is 7.66. The van der Waals surface area contributed by atoms with Crippen LogP contribution in [0.3, 0.4) is 0 Å². The van der Waals surface area contributed by atoms with Crippen LogP contribution in [0.25, 0.3) is 0 Å². The van der Waals surface area contributed by atoms with Gasteiger partial charge in [-0.25, -0.2) is 0 Å². The lowest BCUT2D eigenvalue weighted by molar-refractivity contribution is 0.0540. The standard InChI is InChI=1S/C8H18N2O2/c1-2-10-4-6-12-8-7-11-5-3-9/h2H,3-9H2,1H3/b10-2-. The molecule has 0 saturated carbocycles. The van der Waals surface area contributed by atoms with E-state index < -0.39 is 0 Å². The first-order chi connectivity index (χ1) is 5.91. The van der Waals surface area contributed by atoms with E-state index in [1.54, 1.807) is 6.21 Å². The third-order valence-electron chi connectivity index (χ3n) is 1.18. The van der Waals surface area contributed by atoms with Gasteiger partial charge in [-0.1, -0.05) is 0 Å². The first-order valence-electron chi connectivity index (χ1n) is 4.21. The predicted octanol–water partition coefficient (Wildman–Crippen LogP) is 0.0690. The second-order valence-electron chi connectivity index (χ2n) is 2.18. The summed E-state index contributed by atoms with van der Waals surface area (Å²) in [6, 6.07) is 0. The topological polar surface area (TPSA) is 56.8 Å². The van der Waals surface area contributed by atoms with Gasteiger partial charge in [-0.3, -0.25) is 4.99 Å². The van der Waals surface area contributed by atoms with Gasteiger partial charge in [-0.05, 0) is 13.1 Å². The van der Waals surface area contributed by atoms with Crippen molar-refractivity contribution < 1.29 is 9.47 Å². The Bertz CT molecular complexity index is 107. The van der Waals surface area contributed by atoms with Crippen LogP contribution >= 0.6 is 0 Å². The van der Waals surface area contributed by atoms with Gasteiger partial charge in [-0.15, -0.1) is 0 Å². The van der Waals surface area contributed by atoms with Gasteiger partial charge in [0.1, 0.15) is 0 Å². The molecule has 12 heavy (non-hydrogen) atoms. The van der Waals surface area contributed by atoms with Gasteiger partial charge in [0.05, 0.1) is 33.0 Å². The fourth-order valence-corrected chi connectivity index (χ4v) is 0.652. The molecule has 0 spiro atoms. The van der Waals surface area contributed by atoms with E-state index in [1.807, 2.05) is 6.92 Å². The van der Waals surface area contributed by atoms with E-state index in [0.717, 1.165) is 6.54 Å². The minimum Gasteiger partial charge on any atom is -0.378 e. The maximum absolute atomic E-state index is 5.22. The highest BCUT2D eigenvalue weighted by Gasteiger charge is 1.87. The molecule has 4 nitrogen and oxygen atoms in total. The molecule has 0 amide bonds. The quantitative estimate of drug-likeness (QED) is 0.418. The summed E-state index contributed by atoms with van der Waals surface area (Å²) in [6.07, 6.45) is 1.77. The lowest BCUT2D eigenvalue weighted by atomic mass is 10.6. The van der Waals surface area contributed by atoms with Crippen molar-refractivity contribution in [2.75, 3.05) is 39.5 Å².